The highest BCUT2D eigenvalue weighted by Gasteiger charge is 2.27. The minimum Gasteiger partial charge on any atom is -0.379 e. The summed E-state index contributed by atoms with van der Waals surface area (Å²) in [5, 5.41) is 3.56. The fourth-order valence-electron chi connectivity index (χ4n) is 2.22. The Morgan fingerprint density at radius 1 is 1.17 bits per heavy atom. The van der Waals surface area contributed by atoms with Crippen LogP contribution in [0.1, 0.15) is 54.4 Å². The van der Waals surface area contributed by atoms with Crippen LogP contribution in [0.3, 0.4) is 0 Å². The zero-order chi connectivity index (χ0) is 14.2. The van der Waals surface area contributed by atoms with E-state index in [9.17, 15) is 0 Å². The third-order valence-electron chi connectivity index (χ3n) is 3.49. The number of hydrogen-bond donors (Lipinski definition) is 1. The summed E-state index contributed by atoms with van der Waals surface area (Å²) >= 11 is 0. The van der Waals surface area contributed by atoms with E-state index in [0.717, 1.165) is 26.0 Å². The SMILES string of the molecule is CCNC(CCC(C)(C)OC)C(OCC)C(C)C. The lowest BCUT2D eigenvalue weighted by Gasteiger charge is -2.33. The van der Waals surface area contributed by atoms with Crippen molar-refractivity contribution >= 4 is 0 Å². The molecule has 0 fully saturated rings. The van der Waals surface area contributed by atoms with Crippen molar-refractivity contribution < 1.29 is 9.47 Å². The van der Waals surface area contributed by atoms with E-state index < -0.39 is 0 Å². The van der Waals surface area contributed by atoms with Gasteiger partial charge in [0.2, 0.25) is 0 Å². The number of nitrogens with one attached hydrogen (secondary N) is 1. The van der Waals surface area contributed by atoms with E-state index in [0.29, 0.717) is 12.0 Å². The zero-order valence-corrected chi connectivity index (χ0v) is 13.4. The third-order valence-corrected chi connectivity index (χ3v) is 3.49. The van der Waals surface area contributed by atoms with Gasteiger partial charge in [-0.3, -0.25) is 0 Å². The molecule has 0 aliphatic heterocycles. The molecular formula is C15H33NO2. The Kier molecular flexibility index (Phi) is 8.83. The van der Waals surface area contributed by atoms with E-state index in [-0.39, 0.29) is 11.7 Å². The van der Waals surface area contributed by atoms with E-state index in [1.54, 1.807) is 7.11 Å². The first-order valence-corrected chi connectivity index (χ1v) is 7.28. The van der Waals surface area contributed by atoms with Crippen LogP contribution in [-0.2, 0) is 9.47 Å². The quantitative estimate of drug-likeness (QED) is 0.653. The van der Waals surface area contributed by atoms with Gasteiger partial charge in [0, 0.05) is 19.8 Å². The summed E-state index contributed by atoms with van der Waals surface area (Å²) in [5.41, 5.74) is -0.0542. The first-order chi connectivity index (χ1) is 8.37. The summed E-state index contributed by atoms with van der Waals surface area (Å²) in [6.07, 6.45) is 2.40. The maximum absolute atomic E-state index is 5.91. The molecule has 0 aromatic rings. The van der Waals surface area contributed by atoms with E-state index >= 15 is 0 Å². The number of likely N-dealkylation sites (N-methyl/N-ethyl adjacent to an activating group) is 1. The summed E-state index contributed by atoms with van der Waals surface area (Å²) in [6, 6.07) is 0.407. The number of ether oxygens (including phenoxy) is 2. The van der Waals surface area contributed by atoms with Gasteiger partial charge < -0.3 is 14.8 Å². The molecule has 1 N–H and O–H groups in total. The van der Waals surface area contributed by atoms with Gasteiger partial charge >= 0.3 is 0 Å². The second kappa shape index (κ2) is 8.89. The van der Waals surface area contributed by atoms with Crippen LogP contribution in [-0.4, -0.2) is 38.0 Å². The van der Waals surface area contributed by atoms with Crippen LogP contribution in [0.25, 0.3) is 0 Å². The van der Waals surface area contributed by atoms with Gasteiger partial charge in [-0.1, -0.05) is 20.8 Å². The molecule has 0 spiro atoms. The topological polar surface area (TPSA) is 30.5 Å². The van der Waals surface area contributed by atoms with Gasteiger partial charge in [-0.15, -0.1) is 0 Å². The Morgan fingerprint density at radius 3 is 2.17 bits per heavy atom. The van der Waals surface area contributed by atoms with Gasteiger partial charge in [0.25, 0.3) is 0 Å². The van der Waals surface area contributed by atoms with Gasteiger partial charge in [0.1, 0.15) is 0 Å². The van der Waals surface area contributed by atoms with Gasteiger partial charge in [0.15, 0.2) is 0 Å². The Balaban J connectivity index is 4.51. The minimum atomic E-state index is -0.0542. The molecule has 0 aliphatic rings. The summed E-state index contributed by atoms with van der Waals surface area (Å²) in [5.74, 6) is 0.527. The highest BCUT2D eigenvalue weighted by atomic mass is 16.5. The highest BCUT2D eigenvalue weighted by Crippen LogP contribution is 2.21. The summed E-state index contributed by atoms with van der Waals surface area (Å²) < 4.78 is 11.4. The average Bonchev–Trinajstić information content (AvgIpc) is 2.31. The van der Waals surface area contributed by atoms with Crippen LogP contribution >= 0.6 is 0 Å². The molecule has 0 saturated heterocycles. The second-order valence-electron chi connectivity index (χ2n) is 5.83. The first kappa shape index (κ1) is 17.9. The lowest BCUT2D eigenvalue weighted by atomic mass is 9.91. The summed E-state index contributed by atoms with van der Waals surface area (Å²) in [7, 11) is 1.78. The Hall–Kier alpha value is -0.120. The van der Waals surface area contributed by atoms with Crippen LogP contribution in [0, 0.1) is 5.92 Å². The van der Waals surface area contributed by atoms with Crippen LogP contribution in [0.2, 0.25) is 0 Å². The Bertz CT molecular complexity index is 205. The molecule has 0 aromatic heterocycles. The van der Waals surface area contributed by atoms with Crippen LogP contribution in [0.4, 0.5) is 0 Å². The van der Waals surface area contributed by atoms with Gasteiger partial charge in [-0.25, -0.2) is 0 Å². The number of methoxy groups -OCH3 is 1. The van der Waals surface area contributed by atoms with Crippen LogP contribution < -0.4 is 5.32 Å². The van der Waals surface area contributed by atoms with Crippen molar-refractivity contribution in [2.75, 3.05) is 20.3 Å². The first-order valence-electron chi connectivity index (χ1n) is 7.28. The van der Waals surface area contributed by atoms with Crippen molar-refractivity contribution in [3.05, 3.63) is 0 Å². The fraction of sp³-hybridized carbons (Fsp3) is 1.00. The van der Waals surface area contributed by atoms with Crippen LogP contribution in [0.15, 0.2) is 0 Å². The highest BCUT2D eigenvalue weighted by molar-refractivity contribution is 4.82. The molecule has 0 heterocycles. The molecule has 3 heteroatoms. The van der Waals surface area contributed by atoms with Crippen LogP contribution in [0.5, 0.6) is 0 Å². The average molecular weight is 259 g/mol. The smallest absolute Gasteiger partial charge is 0.0750 e. The summed E-state index contributed by atoms with van der Waals surface area (Å²) in [6.45, 7) is 14.7. The second-order valence-corrected chi connectivity index (χ2v) is 5.83. The molecule has 0 radical (unpaired) electrons. The molecule has 0 saturated carbocycles. The van der Waals surface area contributed by atoms with E-state index in [2.05, 4.69) is 46.9 Å². The van der Waals surface area contributed by atoms with Gasteiger partial charge in [-0.05, 0) is 46.1 Å². The molecule has 0 bridgehead atoms. The van der Waals surface area contributed by atoms with Crippen molar-refractivity contribution in [1.29, 1.82) is 0 Å². The normalized spacial score (nSPS) is 16.0. The molecule has 18 heavy (non-hydrogen) atoms. The molecule has 2 atom stereocenters. The minimum absolute atomic E-state index is 0.0542. The molecule has 2 unspecified atom stereocenters. The molecule has 110 valence electrons. The largest absolute Gasteiger partial charge is 0.379 e. The summed E-state index contributed by atoms with van der Waals surface area (Å²) in [4.78, 5) is 0. The number of hydrogen-bond acceptors (Lipinski definition) is 3. The van der Waals surface area contributed by atoms with E-state index in [4.69, 9.17) is 9.47 Å². The van der Waals surface area contributed by atoms with Gasteiger partial charge in [0.05, 0.1) is 11.7 Å². The Labute approximate surface area is 114 Å². The maximum Gasteiger partial charge on any atom is 0.0750 e. The molecule has 0 aromatic carbocycles. The standard InChI is InChI=1S/C15H33NO2/c1-8-16-13(10-11-15(5,6)17-7)14(12(3)4)18-9-2/h12-14,16H,8-11H2,1-7H3. The lowest BCUT2D eigenvalue weighted by Crippen LogP contribution is -2.45. The van der Waals surface area contributed by atoms with Crippen molar-refractivity contribution in [3.8, 4) is 0 Å². The van der Waals surface area contributed by atoms with Gasteiger partial charge in [-0.2, -0.15) is 0 Å². The molecule has 3 nitrogen and oxygen atoms in total. The van der Waals surface area contributed by atoms with Crippen molar-refractivity contribution in [2.24, 2.45) is 5.92 Å². The zero-order valence-electron chi connectivity index (χ0n) is 13.4. The molecule has 0 rings (SSSR count). The predicted molar refractivity (Wildman–Crippen MR) is 78.0 cm³/mol. The van der Waals surface area contributed by atoms with E-state index in [1.807, 2.05) is 0 Å². The third kappa shape index (κ3) is 6.72. The lowest BCUT2D eigenvalue weighted by molar-refractivity contribution is -0.0176. The fourth-order valence-corrected chi connectivity index (χ4v) is 2.22. The monoisotopic (exact) mass is 259 g/mol. The maximum atomic E-state index is 5.91. The van der Waals surface area contributed by atoms with Crippen molar-refractivity contribution in [3.63, 3.8) is 0 Å². The molecule has 0 aliphatic carbocycles. The predicted octanol–water partition coefficient (Wildman–Crippen LogP) is 3.23. The number of rotatable bonds is 10. The van der Waals surface area contributed by atoms with E-state index in [1.165, 1.54) is 0 Å². The van der Waals surface area contributed by atoms with Crippen molar-refractivity contribution in [2.45, 2.75) is 72.1 Å². The molecular weight excluding hydrogens is 226 g/mol. The molecule has 0 amide bonds. The van der Waals surface area contributed by atoms with Crippen molar-refractivity contribution in [1.82, 2.24) is 5.32 Å². The Morgan fingerprint density at radius 2 is 1.78 bits per heavy atom.